The fraction of sp³-hybridized carbons (Fsp3) is 0. The van der Waals surface area contributed by atoms with Crippen LogP contribution in [-0.2, 0) is 0 Å². The van der Waals surface area contributed by atoms with Crippen molar-refractivity contribution in [3.8, 4) is 11.4 Å². The Hall–Kier alpha value is -5.88. The van der Waals surface area contributed by atoms with E-state index in [2.05, 4.69) is 122 Å². The summed E-state index contributed by atoms with van der Waals surface area (Å²) in [4.78, 5) is 9.58. The summed E-state index contributed by atoms with van der Waals surface area (Å²) in [6.45, 7) is 0. The predicted molar refractivity (Wildman–Crippen MR) is 169 cm³/mol. The van der Waals surface area contributed by atoms with Crippen LogP contribution in [0.1, 0.15) is 0 Å². The molecule has 0 aliphatic rings. The van der Waals surface area contributed by atoms with Gasteiger partial charge in [-0.15, -0.1) is 0 Å². The SMILES string of the molecule is c1ccc2c(c1)nc1n(-c3cccc4oc5ccc(-n6c7ccccc7c7ccncc76)cc5c34)c3ccccc3n21. The highest BCUT2D eigenvalue weighted by Gasteiger charge is 2.21. The lowest BCUT2D eigenvalue weighted by atomic mass is 10.1. The summed E-state index contributed by atoms with van der Waals surface area (Å²) in [7, 11) is 0. The van der Waals surface area contributed by atoms with E-state index < -0.39 is 0 Å². The second-order valence-corrected chi connectivity index (χ2v) is 10.7. The van der Waals surface area contributed by atoms with Gasteiger partial charge in [0.05, 0.1) is 50.4 Å². The number of fused-ring (bicyclic) bond motifs is 11. The van der Waals surface area contributed by atoms with Gasteiger partial charge in [-0.2, -0.15) is 0 Å². The maximum Gasteiger partial charge on any atom is 0.220 e. The molecule has 0 spiro atoms. The Kier molecular flexibility index (Phi) is 4.10. The number of pyridine rings is 1. The van der Waals surface area contributed by atoms with Crippen LogP contribution in [0.4, 0.5) is 0 Å². The number of rotatable bonds is 2. The van der Waals surface area contributed by atoms with Gasteiger partial charge in [0, 0.05) is 28.0 Å². The number of benzene rings is 5. The zero-order chi connectivity index (χ0) is 27.4. The lowest BCUT2D eigenvalue weighted by Gasteiger charge is -2.09. The minimum Gasteiger partial charge on any atom is -0.456 e. The molecule has 0 atom stereocenters. The lowest BCUT2D eigenvalue weighted by Crippen LogP contribution is -1.96. The topological polar surface area (TPSA) is 53.2 Å². The zero-order valence-corrected chi connectivity index (χ0v) is 22.3. The molecule has 0 aliphatic carbocycles. The predicted octanol–water partition coefficient (Wildman–Crippen LogP) is 8.82. The van der Waals surface area contributed by atoms with E-state index in [0.717, 1.165) is 72.2 Å². The molecular formula is C36H21N5O. The van der Waals surface area contributed by atoms with Gasteiger partial charge < -0.3 is 8.98 Å². The maximum absolute atomic E-state index is 6.46. The van der Waals surface area contributed by atoms with Crippen molar-refractivity contribution in [2.24, 2.45) is 0 Å². The van der Waals surface area contributed by atoms with E-state index in [9.17, 15) is 0 Å². The number of furan rings is 1. The van der Waals surface area contributed by atoms with Crippen LogP contribution in [0, 0.1) is 0 Å². The van der Waals surface area contributed by atoms with Crippen LogP contribution in [0.3, 0.4) is 0 Å². The van der Waals surface area contributed by atoms with E-state index in [-0.39, 0.29) is 0 Å². The normalized spacial score (nSPS) is 12.3. The van der Waals surface area contributed by atoms with Crippen molar-refractivity contribution < 1.29 is 4.42 Å². The highest BCUT2D eigenvalue weighted by Crippen LogP contribution is 2.39. The van der Waals surface area contributed by atoms with Crippen LogP contribution in [0.2, 0.25) is 0 Å². The van der Waals surface area contributed by atoms with Crippen LogP contribution in [0.5, 0.6) is 0 Å². The smallest absolute Gasteiger partial charge is 0.220 e. The Morgan fingerprint density at radius 1 is 0.548 bits per heavy atom. The number of hydrogen-bond acceptors (Lipinski definition) is 3. The number of hydrogen-bond donors (Lipinski definition) is 0. The molecule has 6 nitrogen and oxygen atoms in total. The summed E-state index contributed by atoms with van der Waals surface area (Å²) in [5.41, 5.74) is 10.3. The number of nitrogens with zero attached hydrogens (tertiary/aromatic N) is 5. The van der Waals surface area contributed by atoms with Gasteiger partial charge in [0.1, 0.15) is 11.2 Å². The molecule has 0 unspecified atom stereocenters. The highest BCUT2D eigenvalue weighted by atomic mass is 16.3. The quantitative estimate of drug-likeness (QED) is 0.221. The third-order valence-electron chi connectivity index (χ3n) is 8.54. The summed E-state index contributed by atoms with van der Waals surface area (Å²) in [6, 6.07) is 40.2. The van der Waals surface area contributed by atoms with Gasteiger partial charge in [0.25, 0.3) is 0 Å². The molecule has 0 amide bonds. The van der Waals surface area contributed by atoms with Crippen molar-refractivity contribution in [1.29, 1.82) is 0 Å². The minimum absolute atomic E-state index is 0.843. The highest BCUT2D eigenvalue weighted by molar-refractivity contribution is 6.12. The van der Waals surface area contributed by atoms with Gasteiger partial charge in [0.2, 0.25) is 5.78 Å². The third kappa shape index (κ3) is 2.73. The summed E-state index contributed by atoms with van der Waals surface area (Å²) in [6.07, 6.45) is 3.81. The van der Waals surface area contributed by atoms with Crippen LogP contribution < -0.4 is 0 Å². The molecule has 0 bridgehead atoms. The fourth-order valence-corrected chi connectivity index (χ4v) is 6.81. The summed E-state index contributed by atoms with van der Waals surface area (Å²) in [5.74, 6) is 0.879. The Balaban J connectivity index is 1.33. The molecule has 0 saturated carbocycles. The van der Waals surface area contributed by atoms with Crippen molar-refractivity contribution >= 4 is 71.6 Å². The van der Waals surface area contributed by atoms with E-state index in [1.165, 1.54) is 10.8 Å². The second-order valence-electron chi connectivity index (χ2n) is 10.7. The first-order chi connectivity index (χ1) is 20.8. The largest absolute Gasteiger partial charge is 0.456 e. The summed E-state index contributed by atoms with van der Waals surface area (Å²) in [5, 5.41) is 4.51. The molecule has 0 fully saturated rings. The Morgan fingerprint density at radius 2 is 1.33 bits per heavy atom. The van der Waals surface area contributed by atoms with Gasteiger partial charge in [-0.1, -0.05) is 48.5 Å². The molecular weight excluding hydrogens is 518 g/mol. The lowest BCUT2D eigenvalue weighted by molar-refractivity contribution is 0.669. The van der Waals surface area contributed by atoms with E-state index >= 15 is 0 Å². The second kappa shape index (κ2) is 7.86. The van der Waals surface area contributed by atoms with Gasteiger partial charge in [-0.25, -0.2) is 4.98 Å². The molecule has 5 aromatic carbocycles. The Morgan fingerprint density at radius 3 is 2.26 bits per heavy atom. The monoisotopic (exact) mass is 539 g/mol. The van der Waals surface area contributed by atoms with Gasteiger partial charge in [0.15, 0.2) is 0 Å². The molecule has 0 saturated heterocycles. The standard InChI is InChI=1S/C36H21N5O/c1-3-10-27-23(8-1)24-18-19-37-21-32(24)39(27)22-16-17-33-25(20-22)35-31(14-7-15-34(35)42-33)41-30-13-6-5-12-29(30)40-28-11-4-2-9-26(28)38-36(40)41/h1-21H. The molecule has 42 heavy (non-hydrogen) atoms. The van der Waals surface area contributed by atoms with Crippen molar-refractivity contribution in [3.63, 3.8) is 0 Å². The molecule has 6 heteroatoms. The number of imidazole rings is 2. The molecule has 5 aromatic heterocycles. The first kappa shape index (κ1) is 21.9. The van der Waals surface area contributed by atoms with E-state index in [1.54, 1.807) is 0 Å². The average Bonchev–Trinajstić information content (AvgIpc) is 3.77. The van der Waals surface area contributed by atoms with Crippen LogP contribution in [-0.4, -0.2) is 23.5 Å². The minimum atomic E-state index is 0.843. The van der Waals surface area contributed by atoms with Crippen LogP contribution in [0.25, 0.3) is 83.0 Å². The van der Waals surface area contributed by atoms with Gasteiger partial charge in [-0.05, 0) is 66.7 Å². The molecule has 0 aliphatic heterocycles. The molecule has 196 valence electrons. The van der Waals surface area contributed by atoms with E-state index in [1.807, 2.05) is 24.5 Å². The maximum atomic E-state index is 6.46. The van der Waals surface area contributed by atoms with Crippen molar-refractivity contribution in [3.05, 3.63) is 128 Å². The van der Waals surface area contributed by atoms with Crippen LogP contribution in [0.15, 0.2) is 132 Å². The van der Waals surface area contributed by atoms with Crippen molar-refractivity contribution in [2.45, 2.75) is 0 Å². The molecule has 5 heterocycles. The fourth-order valence-electron chi connectivity index (χ4n) is 6.81. The first-order valence-electron chi connectivity index (χ1n) is 14.0. The number of aromatic nitrogens is 5. The van der Waals surface area contributed by atoms with E-state index in [4.69, 9.17) is 9.40 Å². The molecule has 10 aromatic rings. The van der Waals surface area contributed by atoms with Gasteiger partial charge in [-0.3, -0.25) is 14.0 Å². The molecule has 0 radical (unpaired) electrons. The van der Waals surface area contributed by atoms with Gasteiger partial charge >= 0.3 is 0 Å². The first-order valence-corrected chi connectivity index (χ1v) is 14.0. The molecule has 0 N–H and O–H groups in total. The third-order valence-corrected chi connectivity index (χ3v) is 8.54. The number of para-hydroxylation sites is 5. The Labute approximate surface area is 238 Å². The zero-order valence-electron chi connectivity index (χ0n) is 22.3. The Bertz CT molecular complexity index is 2650. The van der Waals surface area contributed by atoms with Crippen molar-refractivity contribution in [2.75, 3.05) is 0 Å². The average molecular weight is 540 g/mol. The van der Waals surface area contributed by atoms with Crippen molar-refractivity contribution in [1.82, 2.24) is 23.5 Å². The van der Waals surface area contributed by atoms with Crippen LogP contribution >= 0.6 is 0 Å². The summed E-state index contributed by atoms with van der Waals surface area (Å²) < 4.78 is 13.3. The molecule has 10 rings (SSSR count). The van der Waals surface area contributed by atoms with E-state index in [0.29, 0.717) is 0 Å². The summed E-state index contributed by atoms with van der Waals surface area (Å²) >= 11 is 0.